The van der Waals surface area contributed by atoms with Crippen LogP contribution in [-0.2, 0) is 10.0 Å². The van der Waals surface area contributed by atoms with Crippen molar-refractivity contribution in [2.75, 3.05) is 14.1 Å². The van der Waals surface area contributed by atoms with Gasteiger partial charge in [-0.05, 0) is 12.1 Å². The highest BCUT2D eigenvalue weighted by Gasteiger charge is 2.15. The minimum Gasteiger partial charge on any atom is -0.293 e. The summed E-state index contributed by atoms with van der Waals surface area (Å²) in [5, 5.41) is 9.71. The predicted molar refractivity (Wildman–Crippen MR) is 65.0 cm³/mol. The second-order valence-corrected chi connectivity index (χ2v) is 5.43. The van der Waals surface area contributed by atoms with Gasteiger partial charge >= 0.3 is 0 Å². The highest BCUT2D eigenvalue weighted by Crippen LogP contribution is 2.11. The van der Waals surface area contributed by atoms with E-state index in [1.54, 1.807) is 20.2 Å². The van der Waals surface area contributed by atoms with Crippen molar-refractivity contribution in [1.29, 1.82) is 5.26 Å². The number of hydrogen-bond donors (Lipinski definition) is 1. The number of nitrogens with one attached hydrogen (secondary N) is 1. The third-order valence-electron chi connectivity index (χ3n) is 2.03. The van der Waals surface area contributed by atoms with E-state index in [0.29, 0.717) is 5.56 Å². The van der Waals surface area contributed by atoms with Gasteiger partial charge in [0.2, 0.25) is 0 Å². The molecule has 0 saturated carbocycles. The molecule has 1 rings (SSSR count). The molecule has 0 saturated heterocycles. The summed E-state index contributed by atoms with van der Waals surface area (Å²) >= 11 is 0. The molecule has 0 heterocycles. The quantitative estimate of drug-likeness (QED) is 0.621. The molecule has 1 N–H and O–H groups in total. The molecule has 1 aromatic rings. The lowest BCUT2D eigenvalue weighted by molar-refractivity contribution is 0.0997. The molecule has 0 fully saturated rings. The smallest absolute Gasteiger partial charge is 0.253 e. The van der Waals surface area contributed by atoms with Crippen LogP contribution in [0.25, 0.3) is 0 Å². The van der Waals surface area contributed by atoms with Crippen LogP contribution in [0, 0.1) is 11.3 Å². The highest BCUT2D eigenvalue weighted by atomic mass is 32.2. The molecule has 6 nitrogen and oxygen atoms in total. The number of hydrazine groups is 1. The number of rotatable bonds is 5. The fourth-order valence-electron chi connectivity index (χ4n) is 1.29. The van der Waals surface area contributed by atoms with Crippen molar-refractivity contribution >= 4 is 15.8 Å². The van der Waals surface area contributed by atoms with Gasteiger partial charge in [0.1, 0.15) is 0 Å². The summed E-state index contributed by atoms with van der Waals surface area (Å²) in [6.07, 6.45) is -0.220. The standard InChI is InChI=1S/C11H13N3O3S/c1-14(2)13-18(16,17)10-5-3-9(4-6-10)11(15)7-8-12/h3-6,13H,7H2,1-2H3. The third-order valence-corrected chi connectivity index (χ3v) is 3.53. The van der Waals surface area contributed by atoms with Gasteiger partial charge in [-0.25, -0.2) is 13.4 Å². The second kappa shape index (κ2) is 5.73. The number of hydrogen-bond acceptors (Lipinski definition) is 5. The lowest BCUT2D eigenvalue weighted by atomic mass is 10.1. The minimum absolute atomic E-state index is 0.0599. The molecule has 1 aromatic carbocycles. The number of nitriles is 1. The molecule has 96 valence electrons. The van der Waals surface area contributed by atoms with E-state index in [-0.39, 0.29) is 17.1 Å². The summed E-state index contributed by atoms with van der Waals surface area (Å²) in [5.74, 6) is -0.331. The van der Waals surface area contributed by atoms with Crippen LogP contribution in [-0.4, -0.2) is 33.3 Å². The summed E-state index contributed by atoms with van der Waals surface area (Å²) in [7, 11) is -0.499. The Bertz CT molecular complexity index is 571. The third kappa shape index (κ3) is 3.63. The van der Waals surface area contributed by atoms with Crippen LogP contribution in [0.2, 0.25) is 0 Å². The van der Waals surface area contributed by atoms with Gasteiger partial charge in [-0.1, -0.05) is 12.1 Å². The number of benzene rings is 1. The molecule has 0 bridgehead atoms. The zero-order valence-corrected chi connectivity index (χ0v) is 10.9. The van der Waals surface area contributed by atoms with Crippen LogP contribution >= 0.6 is 0 Å². The maximum absolute atomic E-state index is 11.8. The maximum atomic E-state index is 11.8. The Hall–Kier alpha value is -1.75. The summed E-state index contributed by atoms with van der Waals surface area (Å²) < 4.78 is 23.5. The average molecular weight is 267 g/mol. The van der Waals surface area contributed by atoms with Gasteiger partial charge in [-0.15, -0.1) is 4.83 Å². The number of carbonyl (C=O) groups excluding carboxylic acids is 1. The van der Waals surface area contributed by atoms with Crippen molar-refractivity contribution in [3.8, 4) is 6.07 Å². The van der Waals surface area contributed by atoms with E-state index in [2.05, 4.69) is 4.83 Å². The zero-order valence-electron chi connectivity index (χ0n) is 10.0. The van der Waals surface area contributed by atoms with Crippen molar-refractivity contribution in [2.45, 2.75) is 11.3 Å². The van der Waals surface area contributed by atoms with Crippen molar-refractivity contribution in [2.24, 2.45) is 0 Å². The molecule has 0 unspecified atom stereocenters. The van der Waals surface area contributed by atoms with E-state index in [4.69, 9.17) is 5.26 Å². The molecule has 18 heavy (non-hydrogen) atoms. The van der Waals surface area contributed by atoms with E-state index >= 15 is 0 Å². The van der Waals surface area contributed by atoms with Crippen LogP contribution in [0.4, 0.5) is 0 Å². The number of Topliss-reactive ketones (excluding diaryl/α,β-unsaturated/α-hetero) is 1. The van der Waals surface area contributed by atoms with E-state index < -0.39 is 10.0 Å². The minimum atomic E-state index is -3.61. The number of ketones is 1. The maximum Gasteiger partial charge on any atom is 0.253 e. The van der Waals surface area contributed by atoms with Crippen molar-refractivity contribution in [1.82, 2.24) is 9.84 Å². The summed E-state index contributed by atoms with van der Waals surface area (Å²) in [6, 6.07) is 7.20. The van der Waals surface area contributed by atoms with Gasteiger partial charge in [0.15, 0.2) is 5.78 Å². The fourth-order valence-corrected chi connectivity index (χ4v) is 2.37. The SMILES string of the molecule is CN(C)NS(=O)(=O)c1ccc(C(=O)CC#N)cc1. The molecule has 0 radical (unpaired) electrons. The van der Waals surface area contributed by atoms with Crippen LogP contribution < -0.4 is 4.83 Å². The van der Waals surface area contributed by atoms with E-state index in [1.165, 1.54) is 29.3 Å². The van der Waals surface area contributed by atoms with E-state index in [0.717, 1.165) is 0 Å². The molecule has 0 aliphatic heterocycles. The molecule has 0 aliphatic rings. The Balaban J connectivity index is 2.97. The molecular weight excluding hydrogens is 254 g/mol. The molecule has 0 aromatic heterocycles. The van der Waals surface area contributed by atoms with Gasteiger partial charge in [-0.3, -0.25) is 4.79 Å². The monoisotopic (exact) mass is 267 g/mol. The first kappa shape index (κ1) is 14.3. The number of nitrogens with zero attached hydrogens (tertiary/aromatic N) is 2. The normalized spacial score (nSPS) is 11.2. The Morgan fingerprint density at radius 1 is 1.33 bits per heavy atom. The summed E-state index contributed by atoms with van der Waals surface area (Å²) in [6.45, 7) is 0. The molecule has 7 heteroatoms. The highest BCUT2D eigenvalue weighted by molar-refractivity contribution is 7.89. The van der Waals surface area contributed by atoms with Crippen LogP contribution in [0.3, 0.4) is 0 Å². The predicted octanol–water partition coefficient (Wildman–Crippen LogP) is 0.538. The zero-order chi connectivity index (χ0) is 13.8. The average Bonchev–Trinajstić information content (AvgIpc) is 2.28. The van der Waals surface area contributed by atoms with Crippen LogP contribution in [0.1, 0.15) is 16.8 Å². The summed E-state index contributed by atoms with van der Waals surface area (Å²) in [4.78, 5) is 13.7. The molecule has 0 amide bonds. The molecular formula is C11H13N3O3S. The van der Waals surface area contributed by atoms with Crippen LogP contribution in [0.5, 0.6) is 0 Å². The summed E-state index contributed by atoms with van der Waals surface area (Å²) in [5.41, 5.74) is 0.320. The lowest BCUT2D eigenvalue weighted by Gasteiger charge is -2.12. The molecule has 0 atom stereocenters. The van der Waals surface area contributed by atoms with Gasteiger partial charge < -0.3 is 0 Å². The van der Waals surface area contributed by atoms with E-state index in [9.17, 15) is 13.2 Å². The van der Waals surface area contributed by atoms with Gasteiger partial charge in [0.05, 0.1) is 17.4 Å². The Morgan fingerprint density at radius 3 is 2.33 bits per heavy atom. The molecule has 0 spiro atoms. The number of sulfonamides is 1. The van der Waals surface area contributed by atoms with Crippen molar-refractivity contribution in [3.05, 3.63) is 29.8 Å². The first-order valence-electron chi connectivity index (χ1n) is 5.07. The second-order valence-electron chi connectivity index (χ2n) is 3.77. The molecule has 0 aliphatic carbocycles. The van der Waals surface area contributed by atoms with Gasteiger partial charge in [0, 0.05) is 19.7 Å². The Morgan fingerprint density at radius 2 is 1.89 bits per heavy atom. The topological polar surface area (TPSA) is 90.3 Å². The van der Waals surface area contributed by atoms with E-state index in [1.807, 2.05) is 0 Å². The Kier molecular flexibility index (Phi) is 4.55. The lowest BCUT2D eigenvalue weighted by Crippen LogP contribution is -2.36. The van der Waals surface area contributed by atoms with Crippen molar-refractivity contribution < 1.29 is 13.2 Å². The fraction of sp³-hybridized carbons (Fsp3) is 0.273. The largest absolute Gasteiger partial charge is 0.293 e. The van der Waals surface area contributed by atoms with Gasteiger partial charge in [-0.2, -0.15) is 5.26 Å². The number of carbonyl (C=O) groups is 1. The first-order chi connectivity index (χ1) is 8.36. The first-order valence-corrected chi connectivity index (χ1v) is 6.55. The van der Waals surface area contributed by atoms with Crippen molar-refractivity contribution in [3.63, 3.8) is 0 Å². The van der Waals surface area contributed by atoms with Crippen LogP contribution in [0.15, 0.2) is 29.2 Å². The Labute approximate surface area is 106 Å². The van der Waals surface area contributed by atoms with Gasteiger partial charge in [0.25, 0.3) is 10.0 Å².